The van der Waals surface area contributed by atoms with Gasteiger partial charge in [0.1, 0.15) is 0 Å². The zero-order valence-electron chi connectivity index (χ0n) is 7.32. The van der Waals surface area contributed by atoms with Crippen molar-refractivity contribution in [3.8, 4) is 0 Å². The SMILES string of the molecule is CC(=O)Nc1c(C)cc(Cl)cc1Cl. The molecule has 70 valence electrons. The van der Waals surface area contributed by atoms with Crippen molar-refractivity contribution in [2.24, 2.45) is 0 Å². The van der Waals surface area contributed by atoms with E-state index in [4.69, 9.17) is 23.2 Å². The first-order chi connectivity index (χ1) is 6.00. The highest BCUT2D eigenvalue weighted by Gasteiger charge is 2.06. The zero-order chi connectivity index (χ0) is 10.0. The van der Waals surface area contributed by atoms with Crippen molar-refractivity contribution in [1.29, 1.82) is 0 Å². The lowest BCUT2D eigenvalue weighted by Gasteiger charge is -2.08. The lowest BCUT2D eigenvalue weighted by molar-refractivity contribution is -0.114. The molecule has 0 bridgehead atoms. The van der Waals surface area contributed by atoms with Crippen molar-refractivity contribution >= 4 is 34.8 Å². The van der Waals surface area contributed by atoms with Crippen molar-refractivity contribution < 1.29 is 4.79 Å². The van der Waals surface area contributed by atoms with Crippen LogP contribution in [0.25, 0.3) is 0 Å². The highest BCUT2D eigenvalue weighted by molar-refractivity contribution is 6.37. The molecule has 0 aliphatic rings. The summed E-state index contributed by atoms with van der Waals surface area (Å²) < 4.78 is 0. The molecule has 0 atom stereocenters. The molecule has 0 saturated heterocycles. The highest BCUT2D eigenvalue weighted by atomic mass is 35.5. The highest BCUT2D eigenvalue weighted by Crippen LogP contribution is 2.29. The molecule has 0 aliphatic carbocycles. The van der Waals surface area contributed by atoms with E-state index in [9.17, 15) is 4.79 Å². The lowest BCUT2D eigenvalue weighted by Crippen LogP contribution is -2.07. The van der Waals surface area contributed by atoms with Crippen LogP contribution in [0.1, 0.15) is 12.5 Å². The van der Waals surface area contributed by atoms with E-state index >= 15 is 0 Å². The largest absolute Gasteiger partial charge is 0.325 e. The quantitative estimate of drug-likeness (QED) is 0.769. The van der Waals surface area contributed by atoms with Gasteiger partial charge in [-0.15, -0.1) is 0 Å². The topological polar surface area (TPSA) is 29.1 Å². The summed E-state index contributed by atoms with van der Waals surface area (Å²) in [5.41, 5.74) is 1.48. The molecule has 0 spiro atoms. The Morgan fingerprint density at radius 1 is 1.38 bits per heavy atom. The Kier molecular flexibility index (Phi) is 3.17. The molecule has 0 unspecified atom stereocenters. The van der Waals surface area contributed by atoms with E-state index in [1.165, 1.54) is 6.92 Å². The number of aryl methyl sites for hydroxylation is 1. The van der Waals surface area contributed by atoms with Gasteiger partial charge in [-0.05, 0) is 24.6 Å². The molecule has 0 saturated carbocycles. The van der Waals surface area contributed by atoms with Gasteiger partial charge in [0.15, 0.2) is 0 Å². The third-order valence-electron chi connectivity index (χ3n) is 1.55. The van der Waals surface area contributed by atoms with Crippen LogP contribution in [-0.2, 0) is 4.79 Å². The number of nitrogens with one attached hydrogen (secondary N) is 1. The summed E-state index contributed by atoms with van der Waals surface area (Å²) in [5, 5.41) is 3.66. The first kappa shape index (κ1) is 10.4. The number of carbonyl (C=O) groups is 1. The van der Waals surface area contributed by atoms with Crippen LogP contribution in [0.5, 0.6) is 0 Å². The molecule has 0 fully saturated rings. The van der Waals surface area contributed by atoms with Crippen molar-refractivity contribution in [3.05, 3.63) is 27.7 Å². The first-order valence-electron chi connectivity index (χ1n) is 3.74. The summed E-state index contributed by atoms with van der Waals surface area (Å²) in [6.45, 7) is 3.27. The molecule has 0 heterocycles. The normalized spacial score (nSPS) is 9.85. The van der Waals surface area contributed by atoms with Gasteiger partial charge in [0.25, 0.3) is 0 Å². The molecule has 1 aromatic rings. The van der Waals surface area contributed by atoms with E-state index in [0.29, 0.717) is 15.7 Å². The van der Waals surface area contributed by atoms with E-state index < -0.39 is 0 Å². The fourth-order valence-electron chi connectivity index (χ4n) is 1.04. The van der Waals surface area contributed by atoms with E-state index in [0.717, 1.165) is 5.56 Å². The maximum atomic E-state index is 10.8. The van der Waals surface area contributed by atoms with Crippen molar-refractivity contribution in [3.63, 3.8) is 0 Å². The Morgan fingerprint density at radius 2 is 2.00 bits per heavy atom. The molecule has 0 radical (unpaired) electrons. The Morgan fingerprint density at radius 3 is 2.46 bits per heavy atom. The van der Waals surface area contributed by atoms with E-state index in [2.05, 4.69) is 5.32 Å². The maximum absolute atomic E-state index is 10.8. The van der Waals surface area contributed by atoms with E-state index in [-0.39, 0.29) is 5.91 Å². The van der Waals surface area contributed by atoms with Gasteiger partial charge >= 0.3 is 0 Å². The lowest BCUT2D eigenvalue weighted by atomic mass is 10.2. The third-order valence-corrected chi connectivity index (χ3v) is 2.07. The summed E-state index contributed by atoms with van der Waals surface area (Å²) in [6.07, 6.45) is 0. The van der Waals surface area contributed by atoms with Crippen LogP contribution in [-0.4, -0.2) is 5.91 Å². The standard InChI is InChI=1S/C9H9Cl2NO/c1-5-3-7(10)4-8(11)9(5)12-6(2)13/h3-4H,1-2H3,(H,12,13). The summed E-state index contributed by atoms with van der Waals surface area (Å²) >= 11 is 11.6. The molecule has 0 aromatic heterocycles. The number of hydrogen-bond acceptors (Lipinski definition) is 1. The number of rotatable bonds is 1. The van der Waals surface area contributed by atoms with Gasteiger partial charge in [0, 0.05) is 11.9 Å². The maximum Gasteiger partial charge on any atom is 0.221 e. The molecule has 1 amide bonds. The second-order valence-electron chi connectivity index (χ2n) is 2.76. The Labute approximate surface area is 86.8 Å². The summed E-state index contributed by atoms with van der Waals surface area (Å²) in [6, 6.07) is 3.35. The predicted octanol–water partition coefficient (Wildman–Crippen LogP) is 3.26. The molecule has 2 nitrogen and oxygen atoms in total. The second-order valence-corrected chi connectivity index (χ2v) is 3.60. The van der Waals surface area contributed by atoms with Gasteiger partial charge in [0.05, 0.1) is 10.7 Å². The van der Waals surface area contributed by atoms with Crippen LogP contribution in [0, 0.1) is 6.92 Å². The van der Waals surface area contributed by atoms with Crippen LogP contribution in [0.4, 0.5) is 5.69 Å². The minimum absolute atomic E-state index is 0.146. The summed E-state index contributed by atoms with van der Waals surface area (Å²) in [7, 11) is 0. The summed E-state index contributed by atoms with van der Waals surface area (Å²) in [4.78, 5) is 10.8. The fourth-order valence-corrected chi connectivity index (χ4v) is 1.68. The van der Waals surface area contributed by atoms with Crippen LogP contribution < -0.4 is 5.32 Å². The Hall–Kier alpha value is -0.730. The van der Waals surface area contributed by atoms with Gasteiger partial charge in [-0.2, -0.15) is 0 Å². The van der Waals surface area contributed by atoms with Gasteiger partial charge in [0.2, 0.25) is 5.91 Å². The van der Waals surface area contributed by atoms with Crippen molar-refractivity contribution in [2.45, 2.75) is 13.8 Å². The number of benzene rings is 1. The van der Waals surface area contributed by atoms with Crippen LogP contribution >= 0.6 is 23.2 Å². The minimum atomic E-state index is -0.146. The molecule has 1 aromatic carbocycles. The first-order valence-corrected chi connectivity index (χ1v) is 4.49. The fraction of sp³-hybridized carbons (Fsp3) is 0.222. The van der Waals surface area contributed by atoms with Crippen LogP contribution in [0.3, 0.4) is 0 Å². The number of hydrogen-bond donors (Lipinski definition) is 1. The van der Waals surface area contributed by atoms with Gasteiger partial charge in [-0.3, -0.25) is 4.79 Å². The number of anilines is 1. The van der Waals surface area contributed by atoms with Gasteiger partial charge in [-0.1, -0.05) is 23.2 Å². The zero-order valence-corrected chi connectivity index (χ0v) is 8.83. The molecule has 13 heavy (non-hydrogen) atoms. The third kappa shape index (κ3) is 2.61. The molecule has 1 rings (SSSR count). The average Bonchev–Trinajstić information content (AvgIpc) is 1.96. The molecular weight excluding hydrogens is 209 g/mol. The molecular formula is C9H9Cl2NO. The Bertz CT molecular complexity index is 326. The van der Waals surface area contributed by atoms with Gasteiger partial charge < -0.3 is 5.32 Å². The average molecular weight is 218 g/mol. The second kappa shape index (κ2) is 3.99. The van der Waals surface area contributed by atoms with Gasteiger partial charge in [-0.25, -0.2) is 0 Å². The number of halogens is 2. The Balaban J connectivity index is 3.13. The number of amides is 1. The van der Waals surface area contributed by atoms with Crippen LogP contribution in [0.15, 0.2) is 12.1 Å². The molecule has 1 N–H and O–H groups in total. The smallest absolute Gasteiger partial charge is 0.221 e. The summed E-state index contributed by atoms with van der Waals surface area (Å²) in [5.74, 6) is -0.146. The monoisotopic (exact) mass is 217 g/mol. The van der Waals surface area contributed by atoms with E-state index in [1.54, 1.807) is 12.1 Å². The van der Waals surface area contributed by atoms with Crippen LogP contribution in [0.2, 0.25) is 10.0 Å². The predicted molar refractivity (Wildman–Crippen MR) is 55.5 cm³/mol. The number of carbonyl (C=O) groups excluding carboxylic acids is 1. The van der Waals surface area contributed by atoms with Crippen molar-refractivity contribution in [1.82, 2.24) is 0 Å². The van der Waals surface area contributed by atoms with E-state index in [1.807, 2.05) is 6.92 Å². The molecule has 0 aliphatic heterocycles. The molecule has 4 heteroatoms. The minimum Gasteiger partial charge on any atom is -0.325 e. The van der Waals surface area contributed by atoms with Crippen molar-refractivity contribution in [2.75, 3.05) is 5.32 Å².